The van der Waals surface area contributed by atoms with Crippen molar-refractivity contribution in [2.45, 2.75) is 33.7 Å². The van der Waals surface area contributed by atoms with Crippen molar-refractivity contribution in [3.63, 3.8) is 0 Å². The molecule has 0 fully saturated rings. The van der Waals surface area contributed by atoms with E-state index in [1.54, 1.807) is 11.6 Å². The minimum atomic E-state index is -0.0381. The molecule has 1 N–H and O–H groups in total. The standard InChI is InChI=1S/C13H18N4OS/c1-5-6-17-11(14-15-13(17)19)10-8(2)7-9(3)16(4)12(10)18/h7H,5-6H2,1-4H3,(H,15,19). The third-order valence-corrected chi connectivity index (χ3v) is 3.61. The summed E-state index contributed by atoms with van der Waals surface area (Å²) in [5.74, 6) is 0.630. The van der Waals surface area contributed by atoms with Crippen LogP contribution in [0.4, 0.5) is 0 Å². The van der Waals surface area contributed by atoms with Crippen molar-refractivity contribution in [1.82, 2.24) is 19.3 Å². The van der Waals surface area contributed by atoms with Gasteiger partial charge in [-0.25, -0.2) is 0 Å². The molecule has 0 spiro atoms. The molecule has 0 saturated carbocycles. The van der Waals surface area contributed by atoms with Gasteiger partial charge in [0.2, 0.25) is 0 Å². The van der Waals surface area contributed by atoms with E-state index in [-0.39, 0.29) is 5.56 Å². The predicted octanol–water partition coefficient (Wildman–Crippen LogP) is 2.33. The number of pyridine rings is 1. The quantitative estimate of drug-likeness (QED) is 0.877. The number of rotatable bonds is 3. The Kier molecular flexibility index (Phi) is 3.71. The lowest BCUT2D eigenvalue weighted by Gasteiger charge is -2.11. The number of hydrogen-bond acceptors (Lipinski definition) is 3. The van der Waals surface area contributed by atoms with Crippen LogP contribution in [0.25, 0.3) is 11.4 Å². The topological polar surface area (TPSA) is 55.6 Å². The second-order valence-electron chi connectivity index (χ2n) is 4.71. The zero-order valence-electron chi connectivity index (χ0n) is 11.6. The van der Waals surface area contributed by atoms with Gasteiger partial charge >= 0.3 is 0 Å². The van der Waals surface area contributed by atoms with Crippen molar-refractivity contribution < 1.29 is 0 Å². The molecule has 0 aliphatic heterocycles. The summed E-state index contributed by atoms with van der Waals surface area (Å²) in [5, 5.41) is 7.01. The molecule has 0 aliphatic rings. The molecule has 19 heavy (non-hydrogen) atoms. The summed E-state index contributed by atoms with van der Waals surface area (Å²) < 4.78 is 4.07. The summed E-state index contributed by atoms with van der Waals surface area (Å²) >= 11 is 5.22. The van der Waals surface area contributed by atoms with E-state index in [0.717, 1.165) is 24.2 Å². The molecule has 0 atom stereocenters. The van der Waals surface area contributed by atoms with Gasteiger partial charge in [0.25, 0.3) is 5.56 Å². The van der Waals surface area contributed by atoms with Crippen LogP contribution in [-0.4, -0.2) is 19.3 Å². The van der Waals surface area contributed by atoms with Gasteiger partial charge in [0.15, 0.2) is 10.6 Å². The molecule has 0 amide bonds. The van der Waals surface area contributed by atoms with Crippen LogP contribution >= 0.6 is 12.2 Å². The number of aromatic nitrogens is 4. The Balaban J connectivity index is 2.77. The Morgan fingerprint density at radius 2 is 2.11 bits per heavy atom. The molecular weight excluding hydrogens is 260 g/mol. The fraction of sp³-hybridized carbons (Fsp3) is 0.462. The largest absolute Gasteiger partial charge is 0.315 e. The number of nitrogens with one attached hydrogen (secondary N) is 1. The van der Waals surface area contributed by atoms with Crippen LogP contribution in [0, 0.1) is 18.6 Å². The first kappa shape index (κ1) is 13.7. The lowest BCUT2D eigenvalue weighted by atomic mass is 10.1. The molecule has 0 saturated heterocycles. The third-order valence-electron chi connectivity index (χ3n) is 3.30. The van der Waals surface area contributed by atoms with E-state index in [1.807, 2.05) is 24.5 Å². The normalized spacial score (nSPS) is 10.9. The van der Waals surface area contributed by atoms with Crippen molar-refractivity contribution >= 4 is 12.2 Å². The molecule has 2 rings (SSSR count). The molecule has 102 valence electrons. The van der Waals surface area contributed by atoms with Gasteiger partial charge in [0, 0.05) is 19.3 Å². The summed E-state index contributed by atoms with van der Waals surface area (Å²) in [6, 6.07) is 1.99. The molecule has 2 aromatic heterocycles. The molecule has 5 nitrogen and oxygen atoms in total. The van der Waals surface area contributed by atoms with E-state index in [9.17, 15) is 4.79 Å². The molecule has 0 aromatic carbocycles. The summed E-state index contributed by atoms with van der Waals surface area (Å²) in [4.78, 5) is 12.4. The van der Waals surface area contributed by atoms with Crippen molar-refractivity contribution in [2.75, 3.05) is 0 Å². The Morgan fingerprint density at radius 3 is 2.74 bits per heavy atom. The summed E-state index contributed by atoms with van der Waals surface area (Å²) in [7, 11) is 1.77. The molecule has 6 heteroatoms. The zero-order valence-corrected chi connectivity index (χ0v) is 12.5. The summed E-state index contributed by atoms with van der Waals surface area (Å²) in [5.41, 5.74) is 2.44. The number of aryl methyl sites for hydroxylation is 2. The van der Waals surface area contributed by atoms with Gasteiger partial charge in [-0.2, -0.15) is 5.10 Å². The molecule has 0 unspecified atom stereocenters. The van der Waals surface area contributed by atoms with Gasteiger partial charge in [-0.15, -0.1) is 0 Å². The predicted molar refractivity (Wildman–Crippen MR) is 77.9 cm³/mol. The van der Waals surface area contributed by atoms with Gasteiger partial charge in [-0.05, 0) is 44.1 Å². The average Bonchev–Trinajstić information content (AvgIpc) is 2.70. The molecule has 2 aromatic rings. The summed E-state index contributed by atoms with van der Waals surface area (Å²) in [6.45, 7) is 6.67. The fourth-order valence-electron chi connectivity index (χ4n) is 2.19. The smallest absolute Gasteiger partial charge is 0.261 e. The molecule has 0 aliphatic carbocycles. The lowest BCUT2D eigenvalue weighted by Crippen LogP contribution is -2.23. The lowest BCUT2D eigenvalue weighted by molar-refractivity contribution is 0.672. The second-order valence-corrected chi connectivity index (χ2v) is 5.10. The minimum absolute atomic E-state index is 0.0381. The van der Waals surface area contributed by atoms with Crippen LogP contribution in [0.5, 0.6) is 0 Å². The monoisotopic (exact) mass is 278 g/mol. The first-order chi connectivity index (χ1) is 8.97. The van der Waals surface area contributed by atoms with Crippen molar-refractivity contribution in [1.29, 1.82) is 0 Å². The third kappa shape index (κ3) is 2.28. The molecular formula is C13H18N4OS. The highest BCUT2D eigenvalue weighted by atomic mass is 32.1. The Hall–Kier alpha value is -1.69. The van der Waals surface area contributed by atoms with Crippen LogP contribution in [-0.2, 0) is 13.6 Å². The molecule has 0 bridgehead atoms. The Morgan fingerprint density at radius 1 is 1.42 bits per heavy atom. The van der Waals surface area contributed by atoms with Crippen LogP contribution < -0.4 is 5.56 Å². The number of nitrogens with zero attached hydrogens (tertiary/aromatic N) is 3. The maximum atomic E-state index is 12.4. The SMILES string of the molecule is CCCn1c(-c2c(C)cc(C)n(C)c2=O)n[nH]c1=S. The highest BCUT2D eigenvalue weighted by Gasteiger charge is 2.16. The van der Waals surface area contributed by atoms with Crippen LogP contribution in [0.1, 0.15) is 24.6 Å². The second kappa shape index (κ2) is 5.13. The first-order valence-corrected chi connectivity index (χ1v) is 6.71. The first-order valence-electron chi connectivity index (χ1n) is 6.30. The van der Waals surface area contributed by atoms with Gasteiger partial charge in [-0.1, -0.05) is 6.92 Å². The van der Waals surface area contributed by atoms with Crippen LogP contribution in [0.2, 0.25) is 0 Å². The van der Waals surface area contributed by atoms with E-state index in [2.05, 4.69) is 17.1 Å². The number of H-pyrrole nitrogens is 1. The highest BCUT2D eigenvalue weighted by Crippen LogP contribution is 2.18. The molecule has 0 radical (unpaired) electrons. The van der Waals surface area contributed by atoms with Gasteiger partial charge in [0.05, 0.1) is 5.56 Å². The average molecular weight is 278 g/mol. The van der Waals surface area contributed by atoms with Crippen molar-refractivity contribution in [3.8, 4) is 11.4 Å². The van der Waals surface area contributed by atoms with E-state index in [4.69, 9.17) is 12.2 Å². The Labute approximate surface area is 116 Å². The summed E-state index contributed by atoms with van der Waals surface area (Å²) in [6.07, 6.45) is 0.937. The van der Waals surface area contributed by atoms with Gasteiger partial charge in [0.1, 0.15) is 0 Å². The van der Waals surface area contributed by atoms with E-state index in [0.29, 0.717) is 16.2 Å². The van der Waals surface area contributed by atoms with E-state index < -0.39 is 0 Å². The zero-order chi connectivity index (χ0) is 14.2. The van der Waals surface area contributed by atoms with E-state index >= 15 is 0 Å². The molecule has 2 heterocycles. The van der Waals surface area contributed by atoms with E-state index in [1.165, 1.54) is 0 Å². The Bertz CT molecular complexity index is 723. The minimum Gasteiger partial charge on any atom is -0.315 e. The maximum absolute atomic E-state index is 12.4. The fourth-order valence-corrected chi connectivity index (χ4v) is 2.41. The van der Waals surface area contributed by atoms with Crippen LogP contribution in [0.15, 0.2) is 10.9 Å². The maximum Gasteiger partial charge on any atom is 0.261 e. The number of aromatic amines is 1. The van der Waals surface area contributed by atoms with Crippen LogP contribution in [0.3, 0.4) is 0 Å². The van der Waals surface area contributed by atoms with Gasteiger partial charge < -0.3 is 9.13 Å². The van der Waals surface area contributed by atoms with Gasteiger partial charge in [-0.3, -0.25) is 9.89 Å². The van der Waals surface area contributed by atoms with Crippen molar-refractivity contribution in [2.24, 2.45) is 7.05 Å². The highest BCUT2D eigenvalue weighted by molar-refractivity contribution is 7.71. The number of hydrogen-bond donors (Lipinski definition) is 1. The van der Waals surface area contributed by atoms with Crippen molar-refractivity contribution in [3.05, 3.63) is 32.4 Å².